The van der Waals surface area contributed by atoms with Gasteiger partial charge in [-0.1, -0.05) is 30.3 Å². The van der Waals surface area contributed by atoms with E-state index in [9.17, 15) is 0 Å². The summed E-state index contributed by atoms with van der Waals surface area (Å²) in [6, 6.07) is 10.2. The molecule has 0 aliphatic heterocycles. The van der Waals surface area contributed by atoms with Crippen molar-refractivity contribution in [1.29, 1.82) is 0 Å². The Kier molecular flexibility index (Phi) is 4.50. The zero-order valence-electron chi connectivity index (χ0n) is 7.82. The van der Waals surface area contributed by atoms with E-state index in [0.717, 1.165) is 12.8 Å². The van der Waals surface area contributed by atoms with Crippen LogP contribution in [0.4, 0.5) is 0 Å². The average Bonchev–Trinajstić information content (AvgIpc) is 2.19. The van der Waals surface area contributed by atoms with Crippen molar-refractivity contribution in [2.45, 2.75) is 12.8 Å². The van der Waals surface area contributed by atoms with E-state index in [1.165, 1.54) is 5.56 Å². The number of hydrogen-bond donors (Lipinski definition) is 2. The van der Waals surface area contributed by atoms with Gasteiger partial charge in [-0.2, -0.15) is 0 Å². The van der Waals surface area contributed by atoms with Crippen LogP contribution < -0.4 is 5.73 Å². The molecule has 13 heavy (non-hydrogen) atoms. The number of nitrogens with two attached hydrogens (primary N) is 1. The normalized spacial score (nSPS) is 12.8. The van der Waals surface area contributed by atoms with Gasteiger partial charge >= 0.3 is 0 Å². The van der Waals surface area contributed by atoms with Crippen molar-refractivity contribution in [2.75, 3.05) is 13.2 Å². The highest BCUT2D eigenvalue weighted by atomic mass is 16.3. The number of aliphatic hydroxyl groups excluding tert-OH is 1. The van der Waals surface area contributed by atoms with Gasteiger partial charge in [0, 0.05) is 6.61 Å². The van der Waals surface area contributed by atoms with Gasteiger partial charge in [-0.25, -0.2) is 0 Å². The Hall–Kier alpha value is -0.860. The van der Waals surface area contributed by atoms with E-state index in [-0.39, 0.29) is 6.61 Å². The summed E-state index contributed by atoms with van der Waals surface area (Å²) in [5, 5.41) is 9.06. The molecule has 0 aliphatic carbocycles. The molecule has 0 radical (unpaired) electrons. The summed E-state index contributed by atoms with van der Waals surface area (Å²) in [6.07, 6.45) is 1.82. The molecule has 0 bridgehead atoms. The third-order valence-corrected chi connectivity index (χ3v) is 2.20. The van der Waals surface area contributed by atoms with Crippen LogP contribution in [0.2, 0.25) is 0 Å². The monoisotopic (exact) mass is 179 g/mol. The maximum absolute atomic E-state index is 9.06. The van der Waals surface area contributed by atoms with Gasteiger partial charge in [0.15, 0.2) is 0 Å². The van der Waals surface area contributed by atoms with E-state index in [1.807, 2.05) is 18.2 Å². The summed E-state index contributed by atoms with van der Waals surface area (Å²) in [5.41, 5.74) is 6.72. The van der Waals surface area contributed by atoms with Gasteiger partial charge in [0.25, 0.3) is 0 Å². The lowest BCUT2D eigenvalue weighted by atomic mass is 9.97. The van der Waals surface area contributed by atoms with Crippen molar-refractivity contribution in [3.63, 3.8) is 0 Å². The van der Waals surface area contributed by atoms with Crippen LogP contribution in [0.1, 0.15) is 12.0 Å². The zero-order chi connectivity index (χ0) is 9.52. The molecular formula is C11H17NO. The van der Waals surface area contributed by atoms with Crippen LogP contribution in [-0.4, -0.2) is 18.3 Å². The van der Waals surface area contributed by atoms with Gasteiger partial charge in [-0.3, -0.25) is 0 Å². The first-order valence-corrected chi connectivity index (χ1v) is 4.71. The molecule has 0 aromatic heterocycles. The highest BCUT2D eigenvalue weighted by Gasteiger charge is 2.06. The van der Waals surface area contributed by atoms with E-state index in [0.29, 0.717) is 12.5 Å². The van der Waals surface area contributed by atoms with E-state index < -0.39 is 0 Å². The van der Waals surface area contributed by atoms with Crippen LogP contribution in [0.3, 0.4) is 0 Å². The zero-order valence-corrected chi connectivity index (χ0v) is 7.82. The van der Waals surface area contributed by atoms with Crippen LogP contribution >= 0.6 is 0 Å². The third kappa shape index (κ3) is 3.57. The Morgan fingerprint density at radius 1 is 1.23 bits per heavy atom. The number of benzene rings is 1. The summed E-state index contributed by atoms with van der Waals surface area (Å²) in [6.45, 7) is 0.879. The standard InChI is InChI=1S/C11H17NO/c12-7-6-11(9-13)8-10-4-2-1-3-5-10/h1-5,11,13H,6-9,12H2. The predicted octanol–water partition coefficient (Wildman–Crippen LogP) is 1.19. The van der Waals surface area contributed by atoms with Gasteiger partial charge in [0.05, 0.1) is 0 Å². The largest absolute Gasteiger partial charge is 0.396 e. The molecule has 1 unspecified atom stereocenters. The van der Waals surface area contributed by atoms with Crippen molar-refractivity contribution in [3.05, 3.63) is 35.9 Å². The Bertz CT molecular complexity index is 223. The molecule has 0 fully saturated rings. The highest BCUT2D eigenvalue weighted by molar-refractivity contribution is 5.15. The Morgan fingerprint density at radius 2 is 1.92 bits per heavy atom. The van der Waals surface area contributed by atoms with Gasteiger partial charge in [-0.05, 0) is 30.9 Å². The minimum atomic E-state index is 0.228. The molecule has 0 saturated heterocycles. The molecule has 2 nitrogen and oxygen atoms in total. The van der Waals surface area contributed by atoms with Crippen molar-refractivity contribution in [1.82, 2.24) is 0 Å². The van der Waals surface area contributed by atoms with Gasteiger partial charge < -0.3 is 10.8 Å². The van der Waals surface area contributed by atoms with Crippen molar-refractivity contribution < 1.29 is 5.11 Å². The molecule has 0 amide bonds. The van der Waals surface area contributed by atoms with Crippen molar-refractivity contribution in [2.24, 2.45) is 11.7 Å². The maximum Gasteiger partial charge on any atom is 0.0462 e. The van der Waals surface area contributed by atoms with E-state index in [4.69, 9.17) is 10.8 Å². The molecule has 3 N–H and O–H groups in total. The van der Waals surface area contributed by atoms with Crippen LogP contribution in [0.25, 0.3) is 0 Å². The van der Waals surface area contributed by atoms with E-state index in [1.54, 1.807) is 0 Å². The van der Waals surface area contributed by atoms with Gasteiger partial charge in [0.1, 0.15) is 0 Å². The number of rotatable bonds is 5. The molecule has 72 valence electrons. The minimum Gasteiger partial charge on any atom is -0.396 e. The fourth-order valence-electron chi connectivity index (χ4n) is 1.44. The first-order valence-electron chi connectivity index (χ1n) is 4.71. The second kappa shape index (κ2) is 5.73. The average molecular weight is 179 g/mol. The van der Waals surface area contributed by atoms with Gasteiger partial charge in [0.2, 0.25) is 0 Å². The molecule has 0 heterocycles. The Balaban J connectivity index is 2.46. The predicted molar refractivity (Wildman–Crippen MR) is 54.4 cm³/mol. The molecule has 0 spiro atoms. The molecule has 1 aromatic rings. The fourth-order valence-corrected chi connectivity index (χ4v) is 1.44. The second-order valence-corrected chi connectivity index (χ2v) is 3.32. The smallest absolute Gasteiger partial charge is 0.0462 e. The number of aliphatic hydroxyl groups is 1. The second-order valence-electron chi connectivity index (χ2n) is 3.32. The third-order valence-electron chi connectivity index (χ3n) is 2.20. The first-order chi connectivity index (χ1) is 6.36. The summed E-state index contributed by atoms with van der Waals surface area (Å²) in [5.74, 6) is 0.312. The van der Waals surface area contributed by atoms with Gasteiger partial charge in [-0.15, -0.1) is 0 Å². The lowest BCUT2D eigenvalue weighted by Crippen LogP contribution is -2.14. The molecule has 1 aromatic carbocycles. The van der Waals surface area contributed by atoms with Crippen molar-refractivity contribution in [3.8, 4) is 0 Å². The summed E-state index contributed by atoms with van der Waals surface area (Å²) >= 11 is 0. The minimum absolute atomic E-state index is 0.228. The quantitative estimate of drug-likeness (QED) is 0.713. The summed E-state index contributed by atoms with van der Waals surface area (Å²) in [4.78, 5) is 0. The van der Waals surface area contributed by atoms with Crippen LogP contribution in [-0.2, 0) is 6.42 Å². The van der Waals surface area contributed by atoms with E-state index >= 15 is 0 Å². The van der Waals surface area contributed by atoms with E-state index in [2.05, 4.69) is 12.1 Å². The molecule has 0 saturated carbocycles. The molecule has 1 atom stereocenters. The SMILES string of the molecule is NCCC(CO)Cc1ccccc1. The maximum atomic E-state index is 9.06. The molecule has 1 rings (SSSR count). The molecule has 0 aliphatic rings. The highest BCUT2D eigenvalue weighted by Crippen LogP contribution is 2.10. The topological polar surface area (TPSA) is 46.2 Å². The lowest BCUT2D eigenvalue weighted by Gasteiger charge is -2.12. The molecule has 2 heteroatoms. The first kappa shape index (κ1) is 10.2. The van der Waals surface area contributed by atoms with Crippen molar-refractivity contribution >= 4 is 0 Å². The molecular weight excluding hydrogens is 162 g/mol. The Labute approximate surface area is 79.4 Å². The Morgan fingerprint density at radius 3 is 2.46 bits per heavy atom. The summed E-state index contributed by atoms with van der Waals surface area (Å²) < 4.78 is 0. The summed E-state index contributed by atoms with van der Waals surface area (Å²) in [7, 11) is 0. The van der Waals surface area contributed by atoms with Crippen LogP contribution in [0, 0.1) is 5.92 Å². The lowest BCUT2D eigenvalue weighted by molar-refractivity contribution is 0.219. The van der Waals surface area contributed by atoms with Crippen LogP contribution in [0.15, 0.2) is 30.3 Å². The van der Waals surface area contributed by atoms with Crippen LogP contribution in [0.5, 0.6) is 0 Å². The number of hydrogen-bond acceptors (Lipinski definition) is 2. The fraction of sp³-hybridized carbons (Fsp3) is 0.455.